The summed E-state index contributed by atoms with van der Waals surface area (Å²) in [5.41, 5.74) is 1.02. The highest BCUT2D eigenvalue weighted by molar-refractivity contribution is 5.85. The third-order valence-electron chi connectivity index (χ3n) is 4.47. The first kappa shape index (κ1) is 20.5. The fourth-order valence-electron chi connectivity index (χ4n) is 3.23. The molecule has 3 nitrogen and oxygen atoms in total. The van der Waals surface area contributed by atoms with Crippen molar-refractivity contribution in [2.24, 2.45) is 5.92 Å². The number of hydrogen-bond acceptors (Lipinski definition) is 3. The maximum Gasteiger partial charge on any atom is 0.115 e. The van der Waals surface area contributed by atoms with Crippen LogP contribution < -0.4 is 0 Å². The Bertz CT molecular complexity index is 618. The molecule has 0 saturated carbocycles. The number of halogens is 1. The normalized spacial score (nSPS) is 14.7. The van der Waals surface area contributed by atoms with Gasteiger partial charge in [-0.1, -0.05) is 49.4 Å². The van der Waals surface area contributed by atoms with Crippen molar-refractivity contribution >= 4 is 12.4 Å². The zero-order valence-corrected chi connectivity index (χ0v) is 15.5. The van der Waals surface area contributed by atoms with E-state index in [9.17, 15) is 10.2 Å². The van der Waals surface area contributed by atoms with Crippen molar-refractivity contribution in [3.8, 4) is 5.75 Å². The Morgan fingerprint density at radius 2 is 1.71 bits per heavy atom. The molecule has 2 aromatic rings. The van der Waals surface area contributed by atoms with E-state index in [-0.39, 0.29) is 24.1 Å². The number of rotatable bonds is 7. The minimum Gasteiger partial charge on any atom is -0.508 e. The average Bonchev–Trinajstić information content (AvgIpc) is 2.54. The summed E-state index contributed by atoms with van der Waals surface area (Å²) < 4.78 is 0. The molecular formula is C20H28ClNO2. The van der Waals surface area contributed by atoms with Crippen LogP contribution in [0.3, 0.4) is 0 Å². The molecule has 2 rings (SSSR count). The lowest BCUT2D eigenvalue weighted by atomic mass is 9.76. The average molecular weight is 350 g/mol. The lowest BCUT2D eigenvalue weighted by Crippen LogP contribution is -2.41. The molecular weight excluding hydrogens is 322 g/mol. The summed E-state index contributed by atoms with van der Waals surface area (Å²) in [7, 11) is 4.05. The number of phenols is 1. The number of hydrogen-bond donors (Lipinski definition) is 2. The van der Waals surface area contributed by atoms with E-state index < -0.39 is 5.60 Å². The summed E-state index contributed by atoms with van der Waals surface area (Å²) in [6, 6.07) is 17.3. The molecule has 0 radical (unpaired) electrons. The summed E-state index contributed by atoms with van der Waals surface area (Å²) >= 11 is 0. The van der Waals surface area contributed by atoms with Gasteiger partial charge in [0, 0.05) is 12.5 Å². The summed E-state index contributed by atoms with van der Waals surface area (Å²) in [6.07, 6.45) is 1.39. The van der Waals surface area contributed by atoms with E-state index >= 15 is 0 Å². The third-order valence-corrected chi connectivity index (χ3v) is 4.47. The molecule has 2 unspecified atom stereocenters. The Kier molecular flexibility index (Phi) is 7.74. The molecule has 0 amide bonds. The first-order valence-electron chi connectivity index (χ1n) is 8.16. The van der Waals surface area contributed by atoms with Gasteiger partial charge in [0.15, 0.2) is 0 Å². The van der Waals surface area contributed by atoms with Gasteiger partial charge in [-0.3, -0.25) is 0 Å². The van der Waals surface area contributed by atoms with Crippen molar-refractivity contribution in [2.45, 2.75) is 25.4 Å². The smallest absolute Gasteiger partial charge is 0.115 e. The van der Waals surface area contributed by atoms with Gasteiger partial charge < -0.3 is 15.1 Å². The van der Waals surface area contributed by atoms with E-state index in [2.05, 4.69) is 17.0 Å². The molecule has 0 saturated heterocycles. The molecule has 2 atom stereocenters. The van der Waals surface area contributed by atoms with Crippen LogP contribution in [0.5, 0.6) is 5.75 Å². The summed E-state index contributed by atoms with van der Waals surface area (Å²) in [4.78, 5) is 2.11. The third kappa shape index (κ3) is 4.97. The molecule has 0 aromatic heterocycles. The van der Waals surface area contributed by atoms with Crippen LogP contribution in [0.1, 0.15) is 24.5 Å². The van der Waals surface area contributed by atoms with E-state index in [1.807, 2.05) is 45.3 Å². The predicted molar refractivity (Wildman–Crippen MR) is 102 cm³/mol. The molecule has 24 heavy (non-hydrogen) atoms. The van der Waals surface area contributed by atoms with Crippen LogP contribution in [0.25, 0.3) is 0 Å². The Morgan fingerprint density at radius 3 is 2.25 bits per heavy atom. The van der Waals surface area contributed by atoms with Gasteiger partial charge in [-0.2, -0.15) is 0 Å². The van der Waals surface area contributed by atoms with Crippen molar-refractivity contribution in [3.05, 3.63) is 65.7 Å². The minimum atomic E-state index is -0.973. The van der Waals surface area contributed by atoms with Crippen LogP contribution in [0.15, 0.2) is 54.6 Å². The molecule has 0 spiro atoms. The molecule has 0 heterocycles. The lowest BCUT2D eigenvalue weighted by molar-refractivity contribution is -0.0367. The molecule has 4 heteroatoms. The van der Waals surface area contributed by atoms with Crippen molar-refractivity contribution in [2.75, 3.05) is 20.6 Å². The number of aromatic hydroxyl groups is 1. The van der Waals surface area contributed by atoms with Gasteiger partial charge in [0.2, 0.25) is 0 Å². The van der Waals surface area contributed by atoms with E-state index in [0.29, 0.717) is 6.42 Å². The molecule has 2 N–H and O–H groups in total. The first-order valence-corrected chi connectivity index (χ1v) is 8.16. The first-order chi connectivity index (χ1) is 11.0. The monoisotopic (exact) mass is 349 g/mol. The van der Waals surface area contributed by atoms with Gasteiger partial charge in [-0.25, -0.2) is 0 Å². The van der Waals surface area contributed by atoms with Crippen molar-refractivity contribution < 1.29 is 10.2 Å². The highest BCUT2D eigenvalue weighted by Crippen LogP contribution is 2.37. The van der Waals surface area contributed by atoms with Crippen LogP contribution in [0.2, 0.25) is 0 Å². The van der Waals surface area contributed by atoms with Gasteiger partial charge >= 0.3 is 0 Å². The van der Waals surface area contributed by atoms with Crippen LogP contribution in [-0.2, 0) is 12.0 Å². The van der Waals surface area contributed by atoms with E-state index in [0.717, 1.165) is 18.5 Å². The number of aliphatic hydroxyl groups is 1. The quantitative estimate of drug-likeness (QED) is 0.798. The lowest BCUT2D eigenvalue weighted by Gasteiger charge is -2.38. The minimum absolute atomic E-state index is 0. The maximum atomic E-state index is 11.4. The van der Waals surface area contributed by atoms with Crippen molar-refractivity contribution in [3.63, 3.8) is 0 Å². The van der Waals surface area contributed by atoms with Gasteiger partial charge in [0.25, 0.3) is 0 Å². The summed E-state index contributed by atoms with van der Waals surface area (Å²) in [5.74, 6) is 0.226. The summed E-state index contributed by atoms with van der Waals surface area (Å²) in [5, 5.41) is 21.3. The molecule has 0 aliphatic carbocycles. The number of phenolic OH excluding ortho intramolecular Hbond substituents is 1. The fraction of sp³-hybridized carbons (Fsp3) is 0.400. The van der Waals surface area contributed by atoms with E-state index in [1.54, 1.807) is 18.2 Å². The number of benzene rings is 2. The fourth-order valence-corrected chi connectivity index (χ4v) is 3.23. The molecule has 0 aliphatic heterocycles. The van der Waals surface area contributed by atoms with Crippen LogP contribution in [-0.4, -0.2) is 35.8 Å². The van der Waals surface area contributed by atoms with Crippen LogP contribution in [0, 0.1) is 5.92 Å². The summed E-state index contributed by atoms with van der Waals surface area (Å²) in [6.45, 7) is 2.77. The zero-order chi connectivity index (χ0) is 16.9. The van der Waals surface area contributed by atoms with Gasteiger partial charge in [-0.15, -0.1) is 12.4 Å². The van der Waals surface area contributed by atoms with Crippen molar-refractivity contribution in [1.82, 2.24) is 4.90 Å². The standard InChI is InChI=1S/C20H27NO2.ClH/c1-4-20(23,17-11-8-12-19(22)14-17)18(15-21(2)3)13-16-9-6-5-7-10-16;/h5-12,14,18,22-23H,4,13,15H2,1-3H3;1H. The highest BCUT2D eigenvalue weighted by Gasteiger charge is 2.37. The van der Waals surface area contributed by atoms with E-state index in [1.165, 1.54) is 5.56 Å². The second-order valence-corrected chi connectivity index (χ2v) is 6.48. The van der Waals surface area contributed by atoms with Gasteiger partial charge in [0.1, 0.15) is 5.75 Å². The molecule has 0 fully saturated rings. The van der Waals surface area contributed by atoms with E-state index in [4.69, 9.17) is 0 Å². The highest BCUT2D eigenvalue weighted by atomic mass is 35.5. The maximum absolute atomic E-state index is 11.4. The van der Waals surface area contributed by atoms with Crippen LogP contribution in [0.4, 0.5) is 0 Å². The second-order valence-electron chi connectivity index (χ2n) is 6.48. The Morgan fingerprint density at radius 1 is 1.04 bits per heavy atom. The largest absolute Gasteiger partial charge is 0.508 e. The van der Waals surface area contributed by atoms with Crippen LogP contribution >= 0.6 is 12.4 Å². The molecule has 2 aromatic carbocycles. The topological polar surface area (TPSA) is 43.7 Å². The molecule has 132 valence electrons. The second kappa shape index (κ2) is 9.07. The Balaban J connectivity index is 0.00000288. The Labute approximate surface area is 151 Å². The predicted octanol–water partition coefficient (Wildman–Crippen LogP) is 3.83. The SMILES string of the molecule is CCC(O)(c1cccc(O)c1)C(Cc1ccccc1)CN(C)C.Cl. The molecule has 0 bridgehead atoms. The zero-order valence-electron chi connectivity index (χ0n) is 14.6. The number of nitrogens with zero attached hydrogens (tertiary/aromatic N) is 1. The molecule has 0 aliphatic rings. The van der Waals surface area contributed by atoms with Gasteiger partial charge in [0.05, 0.1) is 5.60 Å². The van der Waals surface area contributed by atoms with Gasteiger partial charge in [-0.05, 0) is 50.2 Å². The Hall–Kier alpha value is -1.55. The van der Waals surface area contributed by atoms with Crippen molar-refractivity contribution in [1.29, 1.82) is 0 Å².